The number of ether oxygens (including phenoxy) is 2. The van der Waals surface area contributed by atoms with Gasteiger partial charge < -0.3 is 14.8 Å². The Hall–Kier alpha value is 0.0569. The summed E-state index contributed by atoms with van der Waals surface area (Å²) in [5, 5.41) is 3.51. The monoisotopic (exact) mass is 234 g/mol. The maximum absolute atomic E-state index is 5.13. The van der Waals surface area contributed by atoms with Crippen LogP contribution >= 0.6 is 0 Å². The molecule has 0 rings (SSSR count). The van der Waals surface area contributed by atoms with Gasteiger partial charge in [0.05, 0.1) is 6.17 Å². The van der Waals surface area contributed by atoms with E-state index in [0.29, 0.717) is 6.17 Å². The van der Waals surface area contributed by atoms with Crippen LogP contribution in [0, 0.1) is 0 Å². The fourth-order valence-corrected chi connectivity index (χ4v) is 2.06. The predicted octanol–water partition coefficient (Wildman–Crippen LogP) is -0.353. The molecule has 0 amide bonds. The third-order valence-electron chi connectivity index (χ3n) is 2.47. The second kappa shape index (κ2) is 9.29. The lowest BCUT2D eigenvalue weighted by Crippen LogP contribution is -2.42. The molecule has 0 radical (unpaired) electrons. The summed E-state index contributed by atoms with van der Waals surface area (Å²) in [6, 6.07) is 1.33. The summed E-state index contributed by atoms with van der Waals surface area (Å²) >= 11 is 0. The number of nitrogens with one attached hydrogen (secondary N) is 1. The first-order chi connectivity index (χ1) is 7.15. The molecule has 1 unspecified atom stereocenters. The molecule has 0 heterocycles. The van der Waals surface area contributed by atoms with Crippen molar-refractivity contribution < 1.29 is 9.47 Å². The van der Waals surface area contributed by atoms with Gasteiger partial charge in [-0.15, -0.1) is 0 Å². The first-order valence-electron chi connectivity index (χ1n) is 5.61. The van der Waals surface area contributed by atoms with Gasteiger partial charge in [-0.25, -0.2) is 0 Å². The lowest BCUT2D eigenvalue weighted by molar-refractivity contribution is -0.106. The number of methoxy groups -OCH3 is 2. The van der Waals surface area contributed by atoms with Crippen molar-refractivity contribution in [2.45, 2.75) is 31.3 Å². The Morgan fingerprint density at radius 3 is 2.20 bits per heavy atom. The predicted molar refractivity (Wildman–Crippen MR) is 67.3 cm³/mol. The molecule has 0 aromatic rings. The number of hydrogen-bond donors (Lipinski definition) is 1. The van der Waals surface area contributed by atoms with E-state index in [2.05, 4.69) is 24.3 Å². The van der Waals surface area contributed by atoms with E-state index in [1.54, 1.807) is 14.2 Å². The van der Waals surface area contributed by atoms with Crippen molar-refractivity contribution in [1.82, 2.24) is 10.2 Å². The molecule has 0 aromatic heterocycles. The van der Waals surface area contributed by atoms with E-state index in [9.17, 15) is 0 Å². The second-order valence-electron chi connectivity index (χ2n) is 3.91. The molecule has 5 heteroatoms. The summed E-state index contributed by atoms with van der Waals surface area (Å²) in [4.78, 5) is 2.23. The van der Waals surface area contributed by atoms with Crippen LogP contribution in [-0.4, -0.2) is 62.5 Å². The molecule has 15 heavy (non-hydrogen) atoms. The first kappa shape index (κ1) is 15.1. The SMILES string of the molecule is COC(CCNC(CC[SiH3])N(C)C)OC. The van der Waals surface area contributed by atoms with Crippen LogP contribution in [0.15, 0.2) is 0 Å². The van der Waals surface area contributed by atoms with Gasteiger partial charge in [-0.1, -0.05) is 6.04 Å². The van der Waals surface area contributed by atoms with Gasteiger partial charge in [-0.3, -0.25) is 4.90 Å². The van der Waals surface area contributed by atoms with Crippen LogP contribution in [0.3, 0.4) is 0 Å². The molecule has 0 saturated heterocycles. The topological polar surface area (TPSA) is 33.7 Å². The molecule has 0 bridgehead atoms. The molecule has 1 atom stereocenters. The average Bonchev–Trinajstić information content (AvgIpc) is 2.22. The zero-order valence-corrected chi connectivity index (χ0v) is 12.7. The smallest absolute Gasteiger partial charge is 0.158 e. The molecule has 0 aliphatic carbocycles. The van der Waals surface area contributed by atoms with Crippen LogP contribution in [0.2, 0.25) is 6.04 Å². The Morgan fingerprint density at radius 2 is 1.80 bits per heavy atom. The van der Waals surface area contributed by atoms with Crippen molar-refractivity contribution in [3.8, 4) is 0 Å². The van der Waals surface area contributed by atoms with E-state index in [4.69, 9.17) is 9.47 Å². The van der Waals surface area contributed by atoms with Crippen molar-refractivity contribution in [2.75, 3.05) is 34.9 Å². The van der Waals surface area contributed by atoms with Crippen LogP contribution in [-0.2, 0) is 9.47 Å². The molecular formula is C10H26N2O2Si. The summed E-state index contributed by atoms with van der Waals surface area (Å²) in [5.74, 6) is 0. The average molecular weight is 234 g/mol. The minimum atomic E-state index is -0.0867. The van der Waals surface area contributed by atoms with Crippen LogP contribution in [0.25, 0.3) is 0 Å². The van der Waals surface area contributed by atoms with E-state index >= 15 is 0 Å². The third kappa shape index (κ3) is 7.02. The first-order valence-corrected chi connectivity index (χ1v) is 7.02. The van der Waals surface area contributed by atoms with Crippen LogP contribution in [0.5, 0.6) is 0 Å². The van der Waals surface area contributed by atoms with E-state index in [-0.39, 0.29) is 6.29 Å². The quantitative estimate of drug-likeness (QED) is 0.437. The molecule has 0 aromatic carbocycles. The van der Waals surface area contributed by atoms with Gasteiger partial charge in [0.1, 0.15) is 0 Å². The van der Waals surface area contributed by atoms with Gasteiger partial charge in [-0.2, -0.15) is 0 Å². The molecule has 0 spiro atoms. The molecule has 0 aliphatic rings. The van der Waals surface area contributed by atoms with Gasteiger partial charge in [-0.05, 0) is 20.5 Å². The van der Waals surface area contributed by atoms with Crippen LogP contribution in [0.1, 0.15) is 12.8 Å². The highest BCUT2D eigenvalue weighted by Gasteiger charge is 2.10. The Labute approximate surface area is 96.7 Å². The number of hydrogen-bond acceptors (Lipinski definition) is 4. The lowest BCUT2D eigenvalue weighted by Gasteiger charge is -2.25. The molecule has 0 aliphatic heterocycles. The molecule has 0 saturated carbocycles. The summed E-state index contributed by atoms with van der Waals surface area (Å²) < 4.78 is 10.3. The zero-order valence-electron chi connectivity index (χ0n) is 10.7. The van der Waals surface area contributed by atoms with E-state index in [1.165, 1.54) is 22.7 Å². The van der Waals surface area contributed by atoms with Crippen molar-refractivity contribution >= 4 is 10.2 Å². The highest BCUT2D eigenvalue weighted by atomic mass is 28.1. The third-order valence-corrected chi connectivity index (χ3v) is 3.05. The minimum Gasteiger partial charge on any atom is -0.356 e. The Morgan fingerprint density at radius 1 is 1.20 bits per heavy atom. The highest BCUT2D eigenvalue weighted by molar-refractivity contribution is 6.08. The number of nitrogens with zero attached hydrogens (tertiary/aromatic N) is 1. The minimum absolute atomic E-state index is 0.0867. The Balaban J connectivity index is 3.69. The molecule has 92 valence electrons. The van der Waals surface area contributed by atoms with Gasteiger partial charge in [0, 0.05) is 37.4 Å². The Bertz CT molecular complexity index is 143. The van der Waals surface area contributed by atoms with Gasteiger partial charge >= 0.3 is 0 Å². The summed E-state index contributed by atoms with van der Waals surface area (Å²) in [5.41, 5.74) is 0. The number of rotatable bonds is 9. The van der Waals surface area contributed by atoms with Crippen molar-refractivity contribution in [3.63, 3.8) is 0 Å². The molecular weight excluding hydrogens is 208 g/mol. The van der Waals surface area contributed by atoms with E-state index in [0.717, 1.165) is 13.0 Å². The highest BCUT2D eigenvalue weighted by Crippen LogP contribution is 2.01. The fourth-order valence-electron chi connectivity index (χ4n) is 1.52. The summed E-state index contributed by atoms with van der Waals surface area (Å²) in [6.07, 6.45) is 2.51. The maximum Gasteiger partial charge on any atom is 0.158 e. The maximum atomic E-state index is 5.13. The van der Waals surface area contributed by atoms with Crippen molar-refractivity contribution in [2.24, 2.45) is 0 Å². The lowest BCUT2D eigenvalue weighted by atomic mass is 10.3. The van der Waals surface area contributed by atoms with Gasteiger partial charge in [0.2, 0.25) is 0 Å². The summed E-state index contributed by atoms with van der Waals surface area (Å²) in [7, 11) is 8.85. The largest absolute Gasteiger partial charge is 0.356 e. The van der Waals surface area contributed by atoms with E-state index in [1.807, 2.05) is 0 Å². The molecule has 4 nitrogen and oxygen atoms in total. The normalized spacial score (nSPS) is 14.0. The zero-order chi connectivity index (χ0) is 11.7. The second-order valence-corrected chi connectivity index (χ2v) is 4.91. The van der Waals surface area contributed by atoms with Gasteiger partial charge in [0.25, 0.3) is 0 Å². The fraction of sp³-hybridized carbons (Fsp3) is 1.00. The van der Waals surface area contributed by atoms with Crippen molar-refractivity contribution in [3.05, 3.63) is 0 Å². The Kier molecular flexibility index (Phi) is 9.33. The van der Waals surface area contributed by atoms with Crippen LogP contribution in [0.4, 0.5) is 0 Å². The van der Waals surface area contributed by atoms with E-state index < -0.39 is 0 Å². The molecule has 0 fully saturated rings. The van der Waals surface area contributed by atoms with Crippen molar-refractivity contribution in [1.29, 1.82) is 0 Å². The summed E-state index contributed by atoms with van der Waals surface area (Å²) in [6.45, 7) is 0.927. The van der Waals surface area contributed by atoms with Crippen LogP contribution < -0.4 is 5.32 Å². The molecule has 1 N–H and O–H groups in total. The van der Waals surface area contributed by atoms with Gasteiger partial charge in [0.15, 0.2) is 6.29 Å². The standard InChI is InChI=1S/C10H26N2O2Si/c1-12(2)9(6-8-15)11-7-5-10(13-3)14-4/h9-11H,5-8H2,1-4,15H3.